The topological polar surface area (TPSA) is 9.23 Å². The molecule has 1 aromatic carbocycles. The van der Waals surface area contributed by atoms with E-state index in [1.54, 1.807) is 12.7 Å². The molecule has 112 valence electrons. The fourth-order valence-electron chi connectivity index (χ4n) is 5.57. The highest BCUT2D eigenvalue weighted by Crippen LogP contribution is 2.60. The molecule has 1 fully saturated rings. The third kappa shape index (κ3) is 1.89. The number of ether oxygens (including phenoxy) is 1. The van der Waals surface area contributed by atoms with Gasteiger partial charge in [0, 0.05) is 0 Å². The number of hydrogen-bond donors (Lipinski definition) is 0. The predicted octanol–water partition coefficient (Wildman–Crippen LogP) is 4.96. The summed E-state index contributed by atoms with van der Waals surface area (Å²) < 4.78 is 5.43. The van der Waals surface area contributed by atoms with Crippen molar-refractivity contribution in [2.45, 2.75) is 45.4 Å². The van der Waals surface area contributed by atoms with Crippen LogP contribution in [-0.2, 0) is 6.42 Å². The highest BCUT2D eigenvalue weighted by Gasteiger charge is 2.50. The first-order valence-electron chi connectivity index (χ1n) is 8.47. The van der Waals surface area contributed by atoms with E-state index in [1.165, 1.54) is 31.2 Å². The number of methoxy groups -OCH3 is 1. The van der Waals surface area contributed by atoms with E-state index in [4.69, 9.17) is 4.74 Å². The summed E-state index contributed by atoms with van der Waals surface area (Å²) in [6.45, 7) is 4.97. The Morgan fingerprint density at radius 1 is 1.29 bits per heavy atom. The normalized spacial score (nSPS) is 40.3. The van der Waals surface area contributed by atoms with Gasteiger partial charge in [0.25, 0.3) is 0 Å². The Labute approximate surface area is 128 Å². The molecule has 0 spiro atoms. The molecule has 0 amide bonds. The van der Waals surface area contributed by atoms with Crippen LogP contribution in [0.1, 0.15) is 50.2 Å². The van der Waals surface area contributed by atoms with Crippen LogP contribution in [0, 0.1) is 23.2 Å². The minimum absolute atomic E-state index is 0.472. The summed E-state index contributed by atoms with van der Waals surface area (Å²) >= 11 is 0. The smallest absolute Gasteiger partial charge is 0.119 e. The zero-order valence-corrected chi connectivity index (χ0v) is 13.4. The molecule has 0 bridgehead atoms. The van der Waals surface area contributed by atoms with Crippen LogP contribution in [-0.4, -0.2) is 7.11 Å². The maximum Gasteiger partial charge on any atom is 0.119 e. The van der Waals surface area contributed by atoms with Crippen molar-refractivity contribution in [2.24, 2.45) is 23.2 Å². The average Bonchev–Trinajstić information content (AvgIpc) is 2.88. The van der Waals surface area contributed by atoms with Gasteiger partial charge < -0.3 is 4.74 Å². The summed E-state index contributed by atoms with van der Waals surface area (Å²) in [6, 6.07) is 6.79. The zero-order valence-electron chi connectivity index (χ0n) is 13.4. The van der Waals surface area contributed by atoms with Crippen LogP contribution >= 0.6 is 0 Å². The maximum atomic E-state index is 5.43. The molecule has 0 saturated heterocycles. The third-order valence-corrected chi connectivity index (χ3v) is 6.61. The van der Waals surface area contributed by atoms with Crippen molar-refractivity contribution >= 4 is 0 Å². The Morgan fingerprint density at radius 2 is 2.14 bits per heavy atom. The van der Waals surface area contributed by atoms with E-state index >= 15 is 0 Å². The van der Waals surface area contributed by atoms with Crippen LogP contribution < -0.4 is 4.74 Å². The minimum atomic E-state index is 0.472. The Bertz CT molecular complexity index is 588. The molecular formula is C20H26O. The van der Waals surface area contributed by atoms with E-state index in [1.807, 2.05) is 0 Å². The lowest BCUT2D eigenvalue weighted by atomic mass is 9.53. The Hall–Kier alpha value is -1.24. The second-order valence-electron chi connectivity index (χ2n) is 7.72. The Balaban J connectivity index is 1.74. The van der Waals surface area contributed by atoms with Crippen LogP contribution in [0.4, 0.5) is 0 Å². The largest absolute Gasteiger partial charge is 0.497 e. The van der Waals surface area contributed by atoms with Crippen molar-refractivity contribution in [2.75, 3.05) is 7.11 Å². The summed E-state index contributed by atoms with van der Waals surface area (Å²) in [7, 11) is 1.77. The second-order valence-corrected chi connectivity index (χ2v) is 7.72. The van der Waals surface area contributed by atoms with Gasteiger partial charge in [0.05, 0.1) is 7.11 Å². The molecule has 0 N–H and O–H groups in total. The molecule has 1 saturated carbocycles. The lowest BCUT2D eigenvalue weighted by molar-refractivity contribution is 0.0500. The van der Waals surface area contributed by atoms with E-state index < -0.39 is 0 Å². The monoisotopic (exact) mass is 282 g/mol. The fraction of sp³-hybridized carbons (Fsp3) is 0.600. The molecule has 1 aromatic rings. The van der Waals surface area contributed by atoms with Crippen LogP contribution in [0.15, 0.2) is 30.4 Å². The van der Waals surface area contributed by atoms with Gasteiger partial charge >= 0.3 is 0 Å². The second kappa shape index (κ2) is 4.63. The van der Waals surface area contributed by atoms with Crippen molar-refractivity contribution in [3.05, 3.63) is 41.5 Å². The maximum absolute atomic E-state index is 5.43. The van der Waals surface area contributed by atoms with Gasteiger partial charge in [-0.2, -0.15) is 0 Å². The molecule has 3 aliphatic carbocycles. The van der Waals surface area contributed by atoms with Crippen molar-refractivity contribution in [1.29, 1.82) is 0 Å². The van der Waals surface area contributed by atoms with Crippen LogP contribution in [0.2, 0.25) is 0 Å². The van der Waals surface area contributed by atoms with Gasteiger partial charge in [-0.25, -0.2) is 0 Å². The highest BCUT2D eigenvalue weighted by atomic mass is 16.5. The zero-order chi connectivity index (χ0) is 14.6. The summed E-state index contributed by atoms with van der Waals surface area (Å²) in [6.07, 6.45) is 10.2. The standard InChI is InChI=1S/C20H26O/c1-13-11-14-12-15(21-3)6-7-16(14)17-8-10-20(2)9-4-5-18(20)19(13)17/h4,6-7,9,12-13,17-19H,5,8,10-11H2,1-3H3/t13-,17-,18+,19-,20+/m1/s1. The predicted molar refractivity (Wildman–Crippen MR) is 86.7 cm³/mol. The summed E-state index contributed by atoms with van der Waals surface area (Å²) in [4.78, 5) is 0. The quantitative estimate of drug-likeness (QED) is 0.661. The van der Waals surface area contributed by atoms with Gasteiger partial charge in [0.15, 0.2) is 0 Å². The van der Waals surface area contributed by atoms with E-state index in [0.29, 0.717) is 5.41 Å². The lowest BCUT2D eigenvalue weighted by Crippen LogP contribution is -2.43. The summed E-state index contributed by atoms with van der Waals surface area (Å²) in [5, 5.41) is 0. The van der Waals surface area contributed by atoms with Crippen molar-refractivity contribution in [3.8, 4) is 5.75 Å². The van der Waals surface area contributed by atoms with Gasteiger partial charge in [-0.05, 0) is 78.0 Å². The van der Waals surface area contributed by atoms with E-state index in [9.17, 15) is 0 Å². The van der Waals surface area contributed by atoms with E-state index in [-0.39, 0.29) is 0 Å². The first kappa shape index (κ1) is 13.4. The number of allylic oxidation sites excluding steroid dienone is 2. The van der Waals surface area contributed by atoms with Crippen LogP contribution in [0.5, 0.6) is 5.75 Å². The summed E-state index contributed by atoms with van der Waals surface area (Å²) in [5.41, 5.74) is 3.63. The average molecular weight is 282 g/mol. The van der Waals surface area contributed by atoms with Crippen molar-refractivity contribution in [1.82, 2.24) is 0 Å². The lowest BCUT2D eigenvalue weighted by Gasteiger charge is -2.51. The molecule has 4 rings (SSSR count). The molecule has 0 heterocycles. The van der Waals surface area contributed by atoms with Gasteiger partial charge in [-0.1, -0.05) is 32.1 Å². The Kier molecular flexibility index (Phi) is 2.96. The summed E-state index contributed by atoms with van der Waals surface area (Å²) in [5.74, 6) is 4.30. The molecule has 1 heteroatoms. The Morgan fingerprint density at radius 3 is 2.95 bits per heavy atom. The van der Waals surface area contributed by atoms with Crippen LogP contribution in [0.25, 0.3) is 0 Å². The van der Waals surface area contributed by atoms with Gasteiger partial charge in [-0.15, -0.1) is 0 Å². The van der Waals surface area contributed by atoms with Gasteiger partial charge in [-0.3, -0.25) is 0 Å². The molecule has 3 aliphatic rings. The SMILES string of the molecule is COc1ccc2c(c1)C[C@@H](C)[C@@H]1[C@@H]2CC[C@]2(C)C=CC[C@@H]12. The van der Waals surface area contributed by atoms with E-state index in [2.05, 4.69) is 44.2 Å². The number of hydrogen-bond acceptors (Lipinski definition) is 1. The minimum Gasteiger partial charge on any atom is -0.497 e. The van der Waals surface area contributed by atoms with Gasteiger partial charge in [0.2, 0.25) is 0 Å². The molecule has 21 heavy (non-hydrogen) atoms. The number of rotatable bonds is 1. The molecule has 0 unspecified atom stereocenters. The molecule has 1 nitrogen and oxygen atoms in total. The molecule has 5 atom stereocenters. The third-order valence-electron chi connectivity index (χ3n) is 6.61. The first-order chi connectivity index (χ1) is 10.1. The molecule has 0 radical (unpaired) electrons. The number of fused-ring (bicyclic) bond motifs is 5. The van der Waals surface area contributed by atoms with Gasteiger partial charge in [0.1, 0.15) is 5.75 Å². The van der Waals surface area contributed by atoms with Crippen molar-refractivity contribution < 1.29 is 4.74 Å². The van der Waals surface area contributed by atoms with E-state index in [0.717, 1.165) is 29.4 Å². The number of benzene rings is 1. The molecule has 0 aromatic heterocycles. The fourth-order valence-corrected chi connectivity index (χ4v) is 5.57. The first-order valence-corrected chi connectivity index (χ1v) is 8.47. The molecular weight excluding hydrogens is 256 g/mol. The highest BCUT2D eigenvalue weighted by molar-refractivity contribution is 5.41. The van der Waals surface area contributed by atoms with Crippen molar-refractivity contribution in [3.63, 3.8) is 0 Å². The molecule has 0 aliphatic heterocycles. The van der Waals surface area contributed by atoms with Crippen LogP contribution in [0.3, 0.4) is 0 Å².